The fourth-order valence-corrected chi connectivity index (χ4v) is 3.75. The number of ether oxygens (including phenoxy) is 2. The lowest BCUT2D eigenvalue weighted by Gasteiger charge is -2.23. The van der Waals surface area contributed by atoms with Gasteiger partial charge in [0.1, 0.15) is 10.8 Å². The third-order valence-corrected chi connectivity index (χ3v) is 5.74. The summed E-state index contributed by atoms with van der Waals surface area (Å²) in [6, 6.07) is 17.1. The van der Waals surface area contributed by atoms with Crippen LogP contribution in [0.15, 0.2) is 54.6 Å². The summed E-state index contributed by atoms with van der Waals surface area (Å²) in [6.07, 6.45) is 0.733. The summed E-state index contributed by atoms with van der Waals surface area (Å²) < 4.78 is 11.7. The van der Waals surface area contributed by atoms with Crippen LogP contribution in [0.4, 0.5) is 0 Å². The number of hydrogen-bond donors (Lipinski definition) is 0. The Morgan fingerprint density at radius 1 is 1.10 bits per heavy atom. The van der Waals surface area contributed by atoms with Crippen LogP contribution in [0.25, 0.3) is 10.2 Å². The Hall–Kier alpha value is -2.93. The molecule has 1 amide bonds. The molecule has 0 N–H and O–H groups in total. The van der Waals surface area contributed by atoms with Crippen LogP contribution < -0.4 is 4.74 Å². The van der Waals surface area contributed by atoms with Crippen LogP contribution in [-0.4, -0.2) is 42.0 Å². The highest BCUT2D eigenvalue weighted by Crippen LogP contribution is 2.28. The standard InChI is InChI=1S/C22H24N2O4S/c1-16(22-23-18-11-6-7-12-19(18)29-22)24(2)20(25)15-28-21(26)13-8-14-27-17-9-4-3-5-10-17/h3-7,9-12,16H,8,13-15H2,1-2H3/t16-/m1/s1. The molecule has 1 heterocycles. The summed E-state index contributed by atoms with van der Waals surface area (Å²) in [5.41, 5.74) is 0.921. The number of benzene rings is 2. The zero-order valence-electron chi connectivity index (χ0n) is 16.5. The average molecular weight is 413 g/mol. The van der Waals surface area contributed by atoms with Crippen LogP contribution in [0.2, 0.25) is 0 Å². The van der Waals surface area contributed by atoms with Crippen molar-refractivity contribution in [3.8, 4) is 5.75 Å². The van der Waals surface area contributed by atoms with E-state index in [1.54, 1.807) is 23.3 Å². The van der Waals surface area contributed by atoms with Crippen molar-refractivity contribution in [1.29, 1.82) is 0 Å². The van der Waals surface area contributed by atoms with Gasteiger partial charge in [0, 0.05) is 13.5 Å². The van der Waals surface area contributed by atoms with E-state index >= 15 is 0 Å². The van der Waals surface area contributed by atoms with E-state index in [9.17, 15) is 9.59 Å². The number of esters is 1. The van der Waals surface area contributed by atoms with E-state index in [0.717, 1.165) is 21.0 Å². The van der Waals surface area contributed by atoms with Crippen LogP contribution in [0, 0.1) is 0 Å². The summed E-state index contributed by atoms with van der Waals surface area (Å²) in [5.74, 6) is 0.100. The molecule has 0 saturated heterocycles. The lowest BCUT2D eigenvalue weighted by Crippen LogP contribution is -2.33. The van der Waals surface area contributed by atoms with Gasteiger partial charge in [0.05, 0.1) is 22.9 Å². The molecule has 2 aromatic carbocycles. The van der Waals surface area contributed by atoms with Gasteiger partial charge in [0.25, 0.3) is 5.91 Å². The molecule has 3 aromatic rings. The number of fused-ring (bicyclic) bond motifs is 1. The van der Waals surface area contributed by atoms with E-state index in [0.29, 0.717) is 13.0 Å². The molecule has 152 valence electrons. The van der Waals surface area contributed by atoms with Gasteiger partial charge in [0.2, 0.25) is 0 Å². The second-order valence-electron chi connectivity index (χ2n) is 6.63. The summed E-state index contributed by atoms with van der Waals surface area (Å²) in [6.45, 7) is 2.06. The number of amides is 1. The Bertz CT molecular complexity index is 925. The van der Waals surface area contributed by atoms with Gasteiger partial charge in [-0.25, -0.2) is 4.98 Å². The third kappa shape index (κ3) is 5.77. The summed E-state index contributed by atoms with van der Waals surface area (Å²) in [7, 11) is 1.70. The van der Waals surface area contributed by atoms with Gasteiger partial charge in [0.15, 0.2) is 6.61 Å². The van der Waals surface area contributed by atoms with Crippen molar-refractivity contribution in [2.45, 2.75) is 25.8 Å². The first-order valence-corrected chi connectivity index (χ1v) is 10.3. The van der Waals surface area contributed by atoms with Crippen molar-refractivity contribution < 1.29 is 19.1 Å². The Balaban J connectivity index is 1.40. The fraction of sp³-hybridized carbons (Fsp3) is 0.318. The van der Waals surface area contributed by atoms with Crippen molar-refractivity contribution in [2.24, 2.45) is 0 Å². The number of aromatic nitrogens is 1. The first-order chi connectivity index (χ1) is 14.0. The van der Waals surface area contributed by atoms with Crippen LogP contribution in [-0.2, 0) is 14.3 Å². The van der Waals surface area contributed by atoms with Gasteiger partial charge in [-0.2, -0.15) is 0 Å². The van der Waals surface area contributed by atoms with Crippen molar-refractivity contribution in [1.82, 2.24) is 9.88 Å². The molecular weight excluding hydrogens is 388 g/mol. The number of likely N-dealkylation sites (N-methyl/N-ethyl adjacent to an activating group) is 1. The molecule has 3 rings (SSSR count). The normalized spacial score (nSPS) is 11.8. The average Bonchev–Trinajstić information content (AvgIpc) is 3.19. The maximum absolute atomic E-state index is 12.4. The molecule has 1 aromatic heterocycles. The minimum absolute atomic E-state index is 0.196. The van der Waals surface area contributed by atoms with Gasteiger partial charge in [-0.15, -0.1) is 11.3 Å². The first kappa shape index (κ1) is 20.8. The van der Waals surface area contributed by atoms with Gasteiger partial charge < -0.3 is 14.4 Å². The molecular formula is C22H24N2O4S. The number of thiazole rings is 1. The minimum atomic E-state index is -0.406. The van der Waals surface area contributed by atoms with Crippen LogP contribution in [0.3, 0.4) is 0 Å². The maximum atomic E-state index is 12.4. The SMILES string of the molecule is C[C@H](c1nc2ccccc2s1)N(C)C(=O)COC(=O)CCCOc1ccccc1. The summed E-state index contributed by atoms with van der Waals surface area (Å²) in [5, 5.41) is 0.853. The van der Waals surface area contributed by atoms with Crippen molar-refractivity contribution >= 4 is 33.4 Å². The molecule has 0 unspecified atom stereocenters. The van der Waals surface area contributed by atoms with E-state index in [1.165, 1.54) is 0 Å². The molecule has 6 nitrogen and oxygen atoms in total. The van der Waals surface area contributed by atoms with E-state index in [-0.39, 0.29) is 25.0 Å². The van der Waals surface area contributed by atoms with Crippen LogP contribution >= 0.6 is 11.3 Å². The highest BCUT2D eigenvalue weighted by molar-refractivity contribution is 7.18. The predicted octanol–water partition coefficient (Wildman–Crippen LogP) is 4.22. The molecule has 0 aliphatic heterocycles. The lowest BCUT2D eigenvalue weighted by molar-refractivity contribution is -0.152. The highest BCUT2D eigenvalue weighted by Gasteiger charge is 2.21. The number of para-hydroxylation sites is 2. The zero-order valence-corrected chi connectivity index (χ0v) is 17.4. The van der Waals surface area contributed by atoms with Gasteiger partial charge in [-0.3, -0.25) is 9.59 Å². The molecule has 29 heavy (non-hydrogen) atoms. The van der Waals surface area contributed by atoms with Crippen LogP contribution in [0.1, 0.15) is 30.8 Å². The number of rotatable bonds is 9. The second kappa shape index (κ2) is 10.0. The Labute approximate surface area is 174 Å². The van der Waals surface area contributed by atoms with Crippen molar-refractivity contribution in [3.63, 3.8) is 0 Å². The fourth-order valence-electron chi connectivity index (χ4n) is 2.69. The lowest BCUT2D eigenvalue weighted by atomic mass is 10.3. The molecule has 0 fully saturated rings. The van der Waals surface area contributed by atoms with E-state index in [1.807, 2.05) is 61.5 Å². The largest absolute Gasteiger partial charge is 0.494 e. The van der Waals surface area contributed by atoms with Crippen LogP contribution in [0.5, 0.6) is 5.75 Å². The molecule has 0 radical (unpaired) electrons. The molecule has 0 aliphatic rings. The molecule has 7 heteroatoms. The van der Waals surface area contributed by atoms with Crippen molar-refractivity contribution in [2.75, 3.05) is 20.3 Å². The molecule has 0 bridgehead atoms. The Morgan fingerprint density at radius 3 is 2.59 bits per heavy atom. The molecule has 0 aliphatic carbocycles. The quantitative estimate of drug-likeness (QED) is 0.389. The molecule has 0 spiro atoms. The number of nitrogens with zero attached hydrogens (tertiary/aromatic N) is 2. The summed E-state index contributed by atoms with van der Waals surface area (Å²) in [4.78, 5) is 30.4. The first-order valence-electron chi connectivity index (χ1n) is 9.49. The number of carbonyl (C=O) groups is 2. The Kier molecular flexibility index (Phi) is 7.19. The highest BCUT2D eigenvalue weighted by atomic mass is 32.1. The van der Waals surface area contributed by atoms with E-state index in [2.05, 4.69) is 4.98 Å². The maximum Gasteiger partial charge on any atom is 0.306 e. The smallest absolute Gasteiger partial charge is 0.306 e. The number of hydrogen-bond acceptors (Lipinski definition) is 6. The molecule has 1 atom stereocenters. The van der Waals surface area contributed by atoms with E-state index < -0.39 is 5.97 Å². The van der Waals surface area contributed by atoms with Crippen molar-refractivity contribution in [3.05, 3.63) is 59.6 Å². The molecule has 0 saturated carbocycles. The van der Waals surface area contributed by atoms with Gasteiger partial charge >= 0.3 is 5.97 Å². The van der Waals surface area contributed by atoms with Gasteiger partial charge in [-0.1, -0.05) is 30.3 Å². The Morgan fingerprint density at radius 2 is 1.83 bits per heavy atom. The number of carbonyl (C=O) groups excluding carboxylic acids is 2. The van der Waals surface area contributed by atoms with E-state index in [4.69, 9.17) is 9.47 Å². The monoisotopic (exact) mass is 412 g/mol. The van der Waals surface area contributed by atoms with Gasteiger partial charge in [-0.05, 0) is 37.6 Å². The minimum Gasteiger partial charge on any atom is -0.494 e. The predicted molar refractivity (Wildman–Crippen MR) is 113 cm³/mol. The topological polar surface area (TPSA) is 68.7 Å². The summed E-state index contributed by atoms with van der Waals surface area (Å²) >= 11 is 1.56. The second-order valence-corrected chi connectivity index (χ2v) is 7.69. The third-order valence-electron chi connectivity index (χ3n) is 4.54. The zero-order chi connectivity index (χ0) is 20.6.